The van der Waals surface area contributed by atoms with Crippen LogP contribution in [-0.4, -0.2) is 29.3 Å². The van der Waals surface area contributed by atoms with E-state index in [0.29, 0.717) is 16.0 Å². The van der Waals surface area contributed by atoms with Crippen LogP contribution in [0.25, 0.3) is 0 Å². The van der Waals surface area contributed by atoms with E-state index in [1.54, 1.807) is 0 Å². The molecule has 4 amide bonds. The number of hydrogen-bond acceptors (Lipinski definition) is 4. The predicted octanol–water partition coefficient (Wildman–Crippen LogP) is 3.64. The third-order valence-electron chi connectivity index (χ3n) is 4.75. The van der Waals surface area contributed by atoms with E-state index in [0.717, 1.165) is 12.1 Å². The summed E-state index contributed by atoms with van der Waals surface area (Å²) < 4.78 is 39.6. The predicted molar refractivity (Wildman–Crippen MR) is 104 cm³/mol. The number of urea groups is 1. The second-order valence-corrected chi connectivity index (χ2v) is 7.25. The minimum absolute atomic E-state index is 0.345. The lowest BCUT2D eigenvalue weighted by molar-refractivity contribution is -0.137. The highest BCUT2D eigenvalue weighted by Crippen LogP contribution is 2.38. The van der Waals surface area contributed by atoms with Gasteiger partial charge in [-0.1, -0.05) is 29.8 Å². The van der Waals surface area contributed by atoms with Crippen molar-refractivity contribution in [2.45, 2.75) is 18.6 Å². The second kappa shape index (κ2) is 7.92. The fourth-order valence-electron chi connectivity index (χ4n) is 3.12. The summed E-state index contributed by atoms with van der Waals surface area (Å²) in [6.45, 7) is 0.599. The Balaban J connectivity index is 1.81. The molecule has 0 radical (unpaired) electrons. The Hall–Kier alpha value is -3.58. The van der Waals surface area contributed by atoms with Gasteiger partial charge in [-0.2, -0.15) is 18.4 Å². The van der Waals surface area contributed by atoms with Crippen LogP contribution in [0.15, 0.2) is 42.5 Å². The van der Waals surface area contributed by atoms with Gasteiger partial charge in [-0.15, -0.1) is 0 Å². The van der Waals surface area contributed by atoms with Gasteiger partial charge in [0.1, 0.15) is 12.1 Å². The number of rotatable bonds is 4. The van der Waals surface area contributed by atoms with Gasteiger partial charge in [-0.3, -0.25) is 14.5 Å². The fraction of sp³-hybridized carbons (Fsp3) is 0.200. The Morgan fingerprint density at radius 2 is 1.87 bits per heavy atom. The van der Waals surface area contributed by atoms with Gasteiger partial charge < -0.3 is 10.6 Å². The number of carbonyl (C=O) groups excluding carboxylic acids is 3. The SMILES string of the molecule is CC1(c2ccc(C#N)cc2)NC(=O)N(CC(=O)Nc2c(Cl)cccc2C(F)(F)F)C1=O. The highest BCUT2D eigenvalue weighted by atomic mass is 35.5. The number of hydrogen-bond donors (Lipinski definition) is 2. The number of nitrogens with zero attached hydrogens (tertiary/aromatic N) is 2. The van der Waals surface area contributed by atoms with Crippen LogP contribution in [0.5, 0.6) is 0 Å². The van der Waals surface area contributed by atoms with Crippen LogP contribution in [0, 0.1) is 11.3 Å². The molecule has 7 nitrogen and oxygen atoms in total. The number of halogens is 4. The van der Waals surface area contributed by atoms with E-state index < -0.39 is 47.4 Å². The van der Waals surface area contributed by atoms with Gasteiger partial charge in [0.2, 0.25) is 5.91 Å². The average Bonchev–Trinajstić information content (AvgIpc) is 2.92. The van der Waals surface area contributed by atoms with E-state index >= 15 is 0 Å². The Morgan fingerprint density at radius 1 is 1.23 bits per heavy atom. The van der Waals surface area contributed by atoms with Crippen molar-refractivity contribution in [3.63, 3.8) is 0 Å². The Morgan fingerprint density at radius 3 is 2.45 bits per heavy atom. The molecule has 1 aliphatic rings. The molecule has 0 saturated carbocycles. The number of nitrogens with one attached hydrogen (secondary N) is 2. The molecular weight excluding hydrogens is 437 g/mol. The minimum Gasteiger partial charge on any atom is -0.323 e. The quantitative estimate of drug-likeness (QED) is 0.694. The van der Waals surface area contributed by atoms with Crippen molar-refractivity contribution in [2.75, 3.05) is 11.9 Å². The van der Waals surface area contributed by atoms with Crippen LogP contribution in [0.4, 0.5) is 23.7 Å². The Labute approximate surface area is 179 Å². The first-order valence-electron chi connectivity index (χ1n) is 8.77. The molecular formula is C20H14ClF3N4O3. The number of imide groups is 1. The van der Waals surface area contributed by atoms with Crippen LogP contribution in [0.1, 0.15) is 23.6 Å². The number of para-hydroxylation sites is 1. The lowest BCUT2D eigenvalue weighted by Gasteiger charge is -2.22. The number of anilines is 1. The van der Waals surface area contributed by atoms with Gasteiger partial charge in [0.15, 0.2) is 0 Å². The third kappa shape index (κ3) is 4.18. The topological polar surface area (TPSA) is 102 Å². The lowest BCUT2D eigenvalue weighted by Crippen LogP contribution is -2.42. The number of carbonyl (C=O) groups is 3. The minimum atomic E-state index is -4.78. The molecule has 31 heavy (non-hydrogen) atoms. The lowest BCUT2D eigenvalue weighted by atomic mass is 9.91. The second-order valence-electron chi connectivity index (χ2n) is 6.84. The van der Waals surface area contributed by atoms with Crippen LogP contribution >= 0.6 is 11.6 Å². The van der Waals surface area contributed by atoms with Crippen molar-refractivity contribution < 1.29 is 27.6 Å². The summed E-state index contributed by atoms with van der Waals surface area (Å²) >= 11 is 5.81. The molecule has 1 aliphatic heterocycles. The molecule has 0 aromatic heterocycles. The van der Waals surface area contributed by atoms with Crippen molar-refractivity contribution in [1.29, 1.82) is 5.26 Å². The van der Waals surface area contributed by atoms with E-state index in [-0.39, 0.29) is 5.02 Å². The number of alkyl halides is 3. The van der Waals surface area contributed by atoms with Gasteiger partial charge in [0.25, 0.3) is 5.91 Å². The molecule has 2 N–H and O–H groups in total. The molecule has 1 atom stereocenters. The molecule has 1 saturated heterocycles. The highest BCUT2D eigenvalue weighted by Gasteiger charge is 2.49. The van der Waals surface area contributed by atoms with Crippen molar-refractivity contribution in [1.82, 2.24) is 10.2 Å². The van der Waals surface area contributed by atoms with Crippen LogP contribution in [-0.2, 0) is 21.3 Å². The van der Waals surface area contributed by atoms with E-state index in [1.165, 1.54) is 37.3 Å². The molecule has 1 heterocycles. The number of nitriles is 1. The zero-order valence-electron chi connectivity index (χ0n) is 15.9. The van der Waals surface area contributed by atoms with E-state index in [9.17, 15) is 27.6 Å². The largest absolute Gasteiger partial charge is 0.418 e. The molecule has 1 unspecified atom stereocenters. The fourth-order valence-corrected chi connectivity index (χ4v) is 3.35. The maximum Gasteiger partial charge on any atom is 0.418 e. The maximum atomic E-state index is 13.2. The van der Waals surface area contributed by atoms with E-state index in [2.05, 4.69) is 5.32 Å². The van der Waals surface area contributed by atoms with Crippen LogP contribution in [0.2, 0.25) is 5.02 Å². The molecule has 0 bridgehead atoms. The zero-order chi connectivity index (χ0) is 23.0. The first kappa shape index (κ1) is 22.1. The molecule has 2 aromatic carbocycles. The standard InChI is InChI=1S/C20H14ClF3N4O3/c1-19(12-7-5-11(9-25)6-8-12)17(30)28(18(31)27-19)10-15(29)26-16-13(20(22,23)24)3-2-4-14(16)21/h2-8H,10H2,1H3,(H,26,29)(H,27,31). The summed E-state index contributed by atoms with van der Waals surface area (Å²) in [7, 11) is 0. The first-order valence-corrected chi connectivity index (χ1v) is 9.15. The summed E-state index contributed by atoms with van der Waals surface area (Å²) in [6.07, 6.45) is -4.78. The zero-order valence-corrected chi connectivity index (χ0v) is 16.6. The van der Waals surface area contributed by atoms with Gasteiger partial charge in [-0.25, -0.2) is 4.79 Å². The molecule has 2 aromatic rings. The van der Waals surface area contributed by atoms with Crippen LogP contribution < -0.4 is 10.6 Å². The van der Waals surface area contributed by atoms with Gasteiger partial charge in [-0.05, 0) is 36.8 Å². The van der Waals surface area contributed by atoms with Gasteiger partial charge in [0.05, 0.1) is 27.9 Å². The summed E-state index contributed by atoms with van der Waals surface area (Å²) in [5, 5.41) is 13.0. The number of amides is 4. The van der Waals surface area contributed by atoms with E-state index in [4.69, 9.17) is 16.9 Å². The van der Waals surface area contributed by atoms with E-state index in [1.807, 2.05) is 11.4 Å². The van der Waals surface area contributed by atoms with Crippen LogP contribution in [0.3, 0.4) is 0 Å². The molecule has 160 valence electrons. The molecule has 0 aliphatic carbocycles. The maximum absolute atomic E-state index is 13.2. The smallest absolute Gasteiger partial charge is 0.323 e. The van der Waals surface area contributed by atoms with Gasteiger partial charge in [0, 0.05) is 0 Å². The number of benzene rings is 2. The monoisotopic (exact) mass is 450 g/mol. The Kier molecular flexibility index (Phi) is 5.65. The molecule has 11 heteroatoms. The normalized spacial score (nSPS) is 18.5. The third-order valence-corrected chi connectivity index (χ3v) is 5.07. The summed E-state index contributed by atoms with van der Waals surface area (Å²) in [4.78, 5) is 38.2. The summed E-state index contributed by atoms with van der Waals surface area (Å²) in [6, 6.07) is 9.94. The average molecular weight is 451 g/mol. The van der Waals surface area contributed by atoms with Gasteiger partial charge >= 0.3 is 12.2 Å². The van der Waals surface area contributed by atoms with Crippen molar-refractivity contribution in [2.24, 2.45) is 0 Å². The van der Waals surface area contributed by atoms with Crippen molar-refractivity contribution in [3.8, 4) is 6.07 Å². The van der Waals surface area contributed by atoms with Crippen molar-refractivity contribution >= 4 is 35.1 Å². The molecule has 3 rings (SSSR count). The first-order chi connectivity index (χ1) is 14.5. The molecule has 1 fully saturated rings. The molecule has 0 spiro atoms. The Bertz CT molecular complexity index is 1110. The highest BCUT2D eigenvalue weighted by molar-refractivity contribution is 6.34. The summed E-state index contributed by atoms with van der Waals surface area (Å²) in [5.41, 5.74) is -2.61. The van der Waals surface area contributed by atoms with Crippen molar-refractivity contribution in [3.05, 3.63) is 64.2 Å². The summed E-state index contributed by atoms with van der Waals surface area (Å²) in [5.74, 6) is -1.81.